The van der Waals surface area contributed by atoms with Gasteiger partial charge in [-0.05, 0) is 38.8 Å². The Bertz CT molecular complexity index is 787. The zero-order chi connectivity index (χ0) is 19.0. The maximum absolute atomic E-state index is 6.17. The lowest BCUT2D eigenvalue weighted by molar-refractivity contribution is 0.177. The average Bonchev–Trinajstić information content (AvgIpc) is 3.27. The lowest BCUT2D eigenvalue weighted by Gasteiger charge is -2.24. The van der Waals surface area contributed by atoms with Gasteiger partial charge < -0.3 is 9.47 Å². The Balaban J connectivity index is 1.62. The maximum Gasteiger partial charge on any atom is 0.199 e. The van der Waals surface area contributed by atoms with Gasteiger partial charge in [-0.1, -0.05) is 60.7 Å². The number of hydrogen-bond donors (Lipinski definition) is 0. The molecule has 0 aliphatic carbocycles. The zero-order valence-corrected chi connectivity index (χ0v) is 16.3. The molecule has 2 aromatic rings. The standard InChI is InChI=1S/C23H26N2O2/c1-15-19(17-11-7-5-8-12-17)24-21(26-15)23(3,4)22-25-20(16(2)27-22)18-13-9-6-10-14-18/h5-16,19-20H,1-4H3/t15?,16?,19-,20-/m1/s1. The second-order valence-corrected chi connectivity index (χ2v) is 7.85. The third-order valence-corrected chi connectivity index (χ3v) is 5.35. The van der Waals surface area contributed by atoms with Crippen LogP contribution in [0.4, 0.5) is 0 Å². The van der Waals surface area contributed by atoms with E-state index in [0.717, 1.165) is 0 Å². The van der Waals surface area contributed by atoms with Crippen LogP contribution in [0.1, 0.15) is 50.9 Å². The summed E-state index contributed by atoms with van der Waals surface area (Å²) in [4.78, 5) is 9.82. The average molecular weight is 362 g/mol. The molecule has 0 amide bonds. The molecule has 140 valence electrons. The maximum atomic E-state index is 6.17. The SMILES string of the molecule is CC1OC(C(C)(C)C2=N[C@@H](c3ccccc3)C(C)O2)=N[C@H]1c1ccccc1. The molecule has 2 aliphatic rings. The number of ether oxygens (including phenoxy) is 2. The monoisotopic (exact) mass is 362 g/mol. The molecular formula is C23H26N2O2. The van der Waals surface area contributed by atoms with Gasteiger partial charge in [-0.25, -0.2) is 9.98 Å². The highest BCUT2D eigenvalue weighted by atomic mass is 16.5. The highest BCUT2D eigenvalue weighted by Crippen LogP contribution is 2.39. The molecule has 0 fully saturated rings. The number of nitrogens with zero attached hydrogens (tertiary/aromatic N) is 2. The van der Waals surface area contributed by atoms with Crippen LogP contribution < -0.4 is 0 Å². The van der Waals surface area contributed by atoms with Crippen molar-refractivity contribution in [2.24, 2.45) is 15.4 Å². The summed E-state index contributed by atoms with van der Waals surface area (Å²) in [6, 6.07) is 20.6. The zero-order valence-electron chi connectivity index (χ0n) is 16.3. The van der Waals surface area contributed by atoms with E-state index in [2.05, 4.69) is 52.0 Å². The van der Waals surface area contributed by atoms with Crippen LogP contribution in [-0.2, 0) is 9.47 Å². The fraction of sp³-hybridized carbons (Fsp3) is 0.391. The minimum Gasteiger partial charge on any atom is -0.475 e. The lowest BCUT2D eigenvalue weighted by atomic mass is 9.93. The van der Waals surface area contributed by atoms with Crippen LogP contribution in [0.5, 0.6) is 0 Å². The molecule has 4 heteroatoms. The van der Waals surface area contributed by atoms with E-state index in [1.54, 1.807) is 0 Å². The van der Waals surface area contributed by atoms with Crippen molar-refractivity contribution in [2.75, 3.05) is 0 Å². The van der Waals surface area contributed by atoms with Crippen molar-refractivity contribution < 1.29 is 9.47 Å². The van der Waals surface area contributed by atoms with E-state index < -0.39 is 5.41 Å². The number of hydrogen-bond acceptors (Lipinski definition) is 4. The van der Waals surface area contributed by atoms with Gasteiger partial charge in [0, 0.05) is 0 Å². The Morgan fingerprint density at radius 1 is 0.667 bits per heavy atom. The molecule has 0 spiro atoms. The predicted octanol–water partition coefficient (Wildman–Crippen LogP) is 5.13. The number of aliphatic imine (C=N–C) groups is 2. The van der Waals surface area contributed by atoms with E-state index in [9.17, 15) is 0 Å². The van der Waals surface area contributed by atoms with Crippen LogP contribution in [-0.4, -0.2) is 24.0 Å². The van der Waals surface area contributed by atoms with Crippen molar-refractivity contribution in [1.82, 2.24) is 0 Å². The van der Waals surface area contributed by atoms with Gasteiger partial charge in [0.05, 0.1) is 0 Å². The van der Waals surface area contributed by atoms with E-state index in [1.807, 2.05) is 36.4 Å². The molecule has 0 radical (unpaired) electrons. The van der Waals surface area contributed by atoms with Crippen molar-refractivity contribution in [3.63, 3.8) is 0 Å². The predicted molar refractivity (Wildman–Crippen MR) is 108 cm³/mol. The van der Waals surface area contributed by atoms with Gasteiger partial charge in [0.1, 0.15) is 29.7 Å². The first-order chi connectivity index (χ1) is 13.0. The largest absolute Gasteiger partial charge is 0.475 e. The summed E-state index contributed by atoms with van der Waals surface area (Å²) in [5.74, 6) is 1.40. The molecule has 0 bridgehead atoms. The van der Waals surface area contributed by atoms with Crippen molar-refractivity contribution >= 4 is 11.8 Å². The Morgan fingerprint density at radius 2 is 1.04 bits per heavy atom. The summed E-state index contributed by atoms with van der Waals surface area (Å²) in [6.45, 7) is 8.28. The molecule has 4 nitrogen and oxygen atoms in total. The Kier molecular flexibility index (Phi) is 4.50. The molecule has 2 unspecified atom stereocenters. The molecule has 2 aliphatic heterocycles. The Labute approximate surface area is 161 Å². The highest BCUT2D eigenvalue weighted by molar-refractivity contribution is 6.05. The van der Waals surface area contributed by atoms with Gasteiger partial charge in [-0.2, -0.15) is 0 Å². The molecule has 4 rings (SSSR count). The molecule has 0 aromatic heterocycles. The first-order valence-corrected chi connectivity index (χ1v) is 9.56. The number of benzene rings is 2. The van der Waals surface area contributed by atoms with E-state index in [4.69, 9.17) is 19.5 Å². The minimum atomic E-state index is -0.504. The second-order valence-electron chi connectivity index (χ2n) is 7.85. The van der Waals surface area contributed by atoms with E-state index >= 15 is 0 Å². The van der Waals surface area contributed by atoms with Gasteiger partial charge in [0.15, 0.2) is 11.8 Å². The summed E-state index contributed by atoms with van der Waals surface area (Å²) in [5.41, 5.74) is 1.83. The van der Waals surface area contributed by atoms with Crippen LogP contribution in [0.25, 0.3) is 0 Å². The molecule has 2 aromatic carbocycles. The molecule has 2 heterocycles. The normalized spacial score (nSPS) is 27.6. The minimum absolute atomic E-state index is 0.00446. The summed E-state index contributed by atoms with van der Waals surface area (Å²) >= 11 is 0. The molecule has 27 heavy (non-hydrogen) atoms. The van der Waals surface area contributed by atoms with Gasteiger partial charge in [-0.3, -0.25) is 0 Å². The quantitative estimate of drug-likeness (QED) is 0.757. The molecule has 0 N–H and O–H groups in total. The van der Waals surface area contributed by atoms with Crippen molar-refractivity contribution in [2.45, 2.75) is 52.0 Å². The topological polar surface area (TPSA) is 43.2 Å². The first-order valence-electron chi connectivity index (χ1n) is 9.56. The van der Waals surface area contributed by atoms with Crippen LogP contribution >= 0.6 is 0 Å². The van der Waals surface area contributed by atoms with E-state index in [0.29, 0.717) is 11.8 Å². The number of rotatable bonds is 4. The van der Waals surface area contributed by atoms with E-state index in [-0.39, 0.29) is 24.3 Å². The van der Waals surface area contributed by atoms with Gasteiger partial charge in [0.2, 0.25) is 0 Å². The fourth-order valence-electron chi connectivity index (χ4n) is 3.70. The summed E-state index contributed by atoms with van der Waals surface area (Å²) < 4.78 is 12.3. The lowest BCUT2D eigenvalue weighted by Crippen LogP contribution is -2.35. The Morgan fingerprint density at radius 3 is 1.41 bits per heavy atom. The van der Waals surface area contributed by atoms with Crippen LogP contribution in [0.15, 0.2) is 70.6 Å². The van der Waals surface area contributed by atoms with Gasteiger partial charge in [-0.15, -0.1) is 0 Å². The van der Waals surface area contributed by atoms with Gasteiger partial charge in [0.25, 0.3) is 0 Å². The molecular weight excluding hydrogens is 336 g/mol. The van der Waals surface area contributed by atoms with E-state index in [1.165, 1.54) is 11.1 Å². The van der Waals surface area contributed by atoms with Crippen molar-refractivity contribution in [3.8, 4) is 0 Å². The smallest absolute Gasteiger partial charge is 0.199 e. The third kappa shape index (κ3) is 3.25. The second kappa shape index (κ2) is 6.84. The Hall–Kier alpha value is -2.62. The molecule has 0 saturated carbocycles. The summed E-state index contributed by atoms with van der Waals surface area (Å²) in [5, 5.41) is 0. The van der Waals surface area contributed by atoms with Crippen LogP contribution in [0.3, 0.4) is 0 Å². The first kappa shape index (κ1) is 17.8. The van der Waals surface area contributed by atoms with Crippen molar-refractivity contribution in [3.05, 3.63) is 71.8 Å². The van der Waals surface area contributed by atoms with Gasteiger partial charge >= 0.3 is 0 Å². The summed E-state index contributed by atoms with van der Waals surface area (Å²) in [6.07, 6.45) is -0.0166. The van der Waals surface area contributed by atoms with Crippen LogP contribution in [0, 0.1) is 5.41 Å². The fourth-order valence-corrected chi connectivity index (χ4v) is 3.70. The van der Waals surface area contributed by atoms with Crippen molar-refractivity contribution in [1.29, 1.82) is 0 Å². The molecule has 0 saturated heterocycles. The molecule has 4 atom stereocenters. The summed E-state index contributed by atoms with van der Waals surface area (Å²) in [7, 11) is 0. The third-order valence-electron chi connectivity index (χ3n) is 5.35. The highest BCUT2D eigenvalue weighted by Gasteiger charge is 2.45. The van der Waals surface area contributed by atoms with Crippen LogP contribution in [0.2, 0.25) is 0 Å².